The first-order valence-corrected chi connectivity index (χ1v) is 9.21. The van der Waals surface area contributed by atoms with Gasteiger partial charge < -0.3 is 0 Å². The number of alkyl halides is 6. The van der Waals surface area contributed by atoms with E-state index >= 15 is 0 Å². The Hall–Kier alpha value is -1.42. The number of hydrogen-bond donors (Lipinski definition) is 0. The lowest BCUT2D eigenvalue weighted by atomic mass is 9.94. The Morgan fingerprint density at radius 3 is 1.07 bits per heavy atom. The lowest BCUT2D eigenvalue weighted by molar-refractivity contribution is -0.254. The second-order valence-electron chi connectivity index (χ2n) is 6.28. The fraction of sp³-hybridized carbons (Fsp3) is 0.412. The van der Waals surface area contributed by atoms with Crippen molar-refractivity contribution in [1.29, 1.82) is 0 Å². The molecule has 0 N–H and O–H groups in total. The highest BCUT2D eigenvalue weighted by Gasteiger charge is 2.81. The molecular weight excluding hydrogens is 420 g/mol. The van der Waals surface area contributed by atoms with Crippen LogP contribution in [0.3, 0.4) is 0 Å². The molecule has 0 bridgehead atoms. The van der Waals surface area contributed by atoms with Gasteiger partial charge in [-0.25, -0.2) is 8.78 Å². The molecular formula is C17H12F8S2. The van der Waals surface area contributed by atoms with E-state index in [4.69, 9.17) is 0 Å². The van der Waals surface area contributed by atoms with E-state index in [1.807, 2.05) is 0 Å². The average Bonchev–Trinajstić information content (AvgIpc) is 2.95. The minimum atomic E-state index is -5.84. The highest BCUT2D eigenvalue weighted by atomic mass is 32.1. The molecule has 0 amide bonds. The number of aryl methyl sites for hydroxylation is 4. The Balaban J connectivity index is 2.55. The first-order valence-electron chi connectivity index (χ1n) is 7.58. The summed E-state index contributed by atoms with van der Waals surface area (Å²) in [5.74, 6) is -19.2. The van der Waals surface area contributed by atoms with Crippen LogP contribution in [0.25, 0.3) is 11.1 Å². The van der Waals surface area contributed by atoms with Crippen molar-refractivity contribution < 1.29 is 35.1 Å². The third-order valence-electron chi connectivity index (χ3n) is 4.54. The SMILES string of the molecule is Cc1sc(C)c(C2=C(c3c(C)sc(C)c3F)C(F)(F)C(F)(F)C2(F)F)c1F. The Morgan fingerprint density at radius 2 is 0.852 bits per heavy atom. The van der Waals surface area contributed by atoms with Gasteiger partial charge >= 0.3 is 17.8 Å². The van der Waals surface area contributed by atoms with Crippen LogP contribution in [0.2, 0.25) is 0 Å². The third-order valence-corrected chi connectivity index (χ3v) is 6.53. The van der Waals surface area contributed by atoms with Crippen LogP contribution in [0.15, 0.2) is 0 Å². The van der Waals surface area contributed by atoms with Crippen LogP contribution in [0, 0.1) is 39.3 Å². The van der Waals surface area contributed by atoms with Gasteiger partial charge in [0, 0.05) is 41.8 Å². The summed E-state index contributed by atoms with van der Waals surface area (Å²) in [6.45, 7) is 4.74. The molecule has 0 atom stereocenters. The largest absolute Gasteiger partial charge is 0.380 e. The molecule has 2 aromatic rings. The molecule has 3 rings (SSSR count). The zero-order valence-electron chi connectivity index (χ0n) is 14.3. The molecule has 0 unspecified atom stereocenters. The van der Waals surface area contributed by atoms with Crippen LogP contribution < -0.4 is 0 Å². The molecule has 0 fully saturated rings. The summed E-state index contributed by atoms with van der Waals surface area (Å²) in [4.78, 5) is -0.587. The number of thiophene rings is 2. The van der Waals surface area contributed by atoms with Gasteiger partial charge in [-0.15, -0.1) is 22.7 Å². The molecule has 0 nitrogen and oxygen atoms in total. The maximum absolute atomic E-state index is 14.6. The van der Waals surface area contributed by atoms with Crippen molar-refractivity contribution in [2.45, 2.75) is 45.5 Å². The average molecular weight is 432 g/mol. The van der Waals surface area contributed by atoms with Crippen LogP contribution in [0.5, 0.6) is 0 Å². The molecule has 0 spiro atoms. The first-order chi connectivity index (χ1) is 12.2. The molecule has 0 aromatic carbocycles. The van der Waals surface area contributed by atoms with Gasteiger partial charge in [0.15, 0.2) is 0 Å². The van der Waals surface area contributed by atoms with Crippen LogP contribution in [-0.4, -0.2) is 17.8 Å². The molecule has 0 radical (unpaired) electrons. The molecule has 148 valence electrons. The molecule has 1 aliphatic carbocycles. The molecule has 2 heterocycles. The van der Waals surface area contributed by atoms with E-state index in [-0.39, 0.29) is 19.5 Å². The van der Waals surface area contributed by atoms with Crippen molar-refractivity contribution in [3.63, 3.8) is 0 Å². The predicted octanol–water partition coefficient (Wildman–Crippen LogP) is 7.15. The Labute approximate surface area is 157 Å². The fourth-order valence-electron chi connectivity index (χ4n) is 3.27. The van der Waals surface area contributed by atoms with Crippen molar-refractivity contribution in [2.75, 3.05) is 0 Å². The molecule has 1 aliphatic rings. The van der Waals surface area contributed by atoms with Crippen molar-refractivity contribution in [2.24, 2.45) is 0 Å². The van der Waals surface area contributed by atoms with Crippen LogP contribution in [-0.2, 0) is 0 Å². The highest BCUT2D eigenvalue weighted by Crippen LogP contribution is 2.66. The summed E-state index contributed by atoms with van der Waals surface area (Å²) < 4.78 is 116. The monoisotopic (exact) mass is 432 g/mol. The summed E-state index contributed by atoms with van der Waals surface area (Å²) in [6, 6.07) is 0. The van der Waals surface area contributed by atoms with E-state index in [1.165, 1.54) is 13.8 Å². The molecule has 10 heteroatoms. The normalized spacial score (nSPS) is 20.6. The molecule has 27 heavy (non-hydrogen) atoms. The quantitative estimate of drug-likeness (QED) is 0.442. The maximum Gasteiger partial charge on any atom is 0.380 e. The van der Waals surface area contributed by atoms with Gasteiger partial charge in [0.25, 0.3) is 0 Å². The Kier molecular flexibility index (Phi) is 4.36. The Morgan fingerprint density at radius 1 is 0.556 bits per heavy atom. The third kappa shape index (κ3) is 2.38. The summed E-state index contributed by atoms with van der Waals surface area (Å²) in [6.07, 6.45) is 0. The summed E-state index contributed by atoms with van der Waals surface area (Å²) >= 11 is 1.34. The lowest BCUT2D eigenvalue weighted by Crippen LogP contribution is -2.49. The van der Waals surface area contributed by atoms with E-state index in [0.717, 1.165) is 13.8 Å². The van der Waals surface area contributed by atoms with E-state index in [0.29, 0.717) is 22.7 Å². The molecule has 0 saturated carbocycles. The number of allylic oxidation sites excluding steroid dienone is 2. The molecule has 2 aromatic heterocycles. The number of rotatable bonds is 2. The van der Waals surface area contributed by atoms with Crippen LogP contribution >= 0.6 is 22.7 Å². The van der Waals surface area contributed by atoms with Gasteiger partial charge in [0.2, 0.25) is 0 Å². The minimum absolute atomic E-state index is 0.123. The summed E-state index contributed by atoms with van der Waals surface area (Å²) in [5, 5.41) is 0. The number of halogens is 8. The second kappa shape index (κ2) is 5.79. The fourth-order valence-corrected chi connectivity index (χ4v) is 5.16. The van der Waals surface area contributed by atoms with Crippen LogP contribution in [0.4, 0.5) is 35.1 Å². The molecule has 0 aliphatic heterocycles. The van der Waals surface area contributed by atoms with Crippen molar-refractivity contribution >= 4 is 33.8 Å². The van der Waals surface area contributed by atoms with Crippen molar-refractivity contribution in [1.82, 2.24) is 0 Å². The highest BCUT2D eigenvalue weighted by molar-refractivity contribution is 7.12. The summed E-state index contributed by atoms with van der Waals surface area (Å²) in [7, 11) is 0. The van der Waals surface area contributed by atoms with Gasteiger partial charge in [0.1, 0.15) is 11.6 Å². The van der Waals surface area contributed by atoms with Crippen LogP contribution in [0.1, 0.15) is 30.6 Å². The number of hydrogen-bond acceptors (Lipinski definition) is 2. The van der Waals surface area contributed by atoms with Gasteiger partial charge in [-0.05, 0) is 27.7 Å². The summed E-state index contributed by atoms with van der Waals surface area (Å²) in [5.41, 5.74) is -5.73. The Bertz CT molecular complexity index is 901. The van der Waals surface area contributed by atoms with E-state index in [2.05, 4.69) is 0 Å². The van der Waals surface area contributed by atoms with Crippen molar-refractivity contribution in [3.05, 3.63) is 42.3 Å². The van der Waals surface area contributed by atoms with E-state index in [9.17, 15) is 35.1 Å². The standard InChI is InChI=1S/C17H12F8S2/c1-5-9(13(18)7(3)26-5)11-12(10-6(2)27-8(4)14(10)19)16(22,23)17(24,25)15(11,20)21/h1-4H3. The van der Waals surface area contributed by atoms with E-state index in [1.54, 1.807) is 0 Å². The molecule has 0 saturated heterocycles. The predicted molar refractivity (Wildman–Crippen MR) is 89.2 cm³/mol. The van der Waals surface area contributed by atoms with Gasteiger partial charge in [-0.3, -0.25) is 0 Å². The van der Waals surface area contributed by atoms with Crippen molar-refractivity contribution in [3.8, 4) is 0 Å². The lowest BCUT2D eigenvalue weighted by Gasteiger charge is -2.25. The van der Waals surface area contributed by atoms with Gasteiger partial charge in [-0.2, -0.15) is 26.3 Å². The van der Waals surface area contributed by atoms with Gasteiger partial charge in [0.05, 0.1) is 0 Å². The second-order valence-corrected chi connectivity index (χ2v) is 9.14. The minimum Gasteiger partial charge on any atom is -0.205 e. The van der Waals surface area contributed by atoms with Gasteiger partial charge in [-0.1, -0.05) is 0 Å². The topological polar surface area (TPSA) is 0 Å². The zero-order valence-corrected chi connectivity index (χ0v) is 16.0. The maximum atomic E-state index is 14.6. The first kappa shape index (κ1) is 20.3. The van der Waals surface area contributed by atoms with E-state index < -0.39 is 51.7 Å². The zero-order chi connectivity index (χ0) is 20.7. The smallest absolute Gasteiger partial charge is 0.205 e.